The number of methoxy groups -OCH3 is 2. The number of ether oxygens (including phenoxy) is 2. The van der Waals surface area contributed by atoms with E-state index in [4.69, 9.17) is 9.47 Å². The van der Waals surface area contributed by atoms with E-state index in [2.05, 4.69) is 30.2 Å². The zero-order valence-corrected chi connectivity index (χ0v) is 13.0. The van der Waals surface area contributed by atoms with Gasteiger partial charge in [0.1, 0.15) is 5.75 Å². The van der Waals surface area contributed by atoms with Gasteiger partial charge in [0.05, 0.1) is 20.3 Å². The van der Waals surface area contributed by atoms with Gasteiger partial charge in [0.2, 0.25) is 5.88 Å². The van der Waals surface area contributed by atoms with Gasteiger partial charge in [-0.05, 0) is 25.6 Å². The molecule has 1 N–H and O–H groups in total. The Morgan fingerprint density at radius 2 is 1.95 bits per heavy atom. The molecule has 0 aliphatic rings. The van der Waals surface area contributed by atoms with Crippen LogP contribution < -0.4 is 14.8 Å². The summed E-state index contributed by atoms with van der Waals surface area (Å²) in [6.45, 7) is 4.99. The second-order valence-corrected chi connectivity index (χ2v) is 4.84. The molecule has 0 spiro atoms. The number of rotatable bonds is 6. The van der Waals surface area contributed by atoms with Crippen LogP contribution in [0.25, 0.3) is 0 Å². The van der Waals surface area contributed by atoms with E-state index in [0.717, 1.165) is 23.4 Å². The molecule has 0 amide bonds. The lowest BCUT2D eigenvalue weighted by atomic mass is 9.97. The summed E-state index contributed by atoms with van der Waals surface area (Å²) in [5.74, 6) is 1.49. The van der Waals surface area contributed by atoms with Gasteiger partial charge in [-0.25, -0.2) is 4.98 Å². The van der Waals surface area contributed by atoms with Gasteiger partial charge in [-0.1, -0.05) is 30.7 Å². The van der Waals surface area contributed by atoms with E-state index in [0.29, 0.717) is 5.88 Å². The van der Waals surface area contributed by atoms with Crippen LogP contribution in [0.4, 0.5) is 0 Å². The highest BCUT2D eigenvalue weighted by Gasteiger charge is 2.21. The highest BCUT2D eigenvalue weighted by molar-refractivity contribution is 5.46. The summed E-state index contributed by atoms with van der Waals surface area (Å²) in [5, 5.41) is 3.49. The predicted octanol–water partition coefficient (Wildman–Crippen LogP) is 3.11. The number of hydrogen-bond acceptors (Lipinski definition) is 4. The van der Waals surface area contributed by atoms with Crippen molar-refractivity contribution in [3.05, 3.63) is 53.2 Å². The minimum Gasteiger partial charge on any atom is -0.496 e. The Morgan fingerprint density at radius 3 is 2.62 bits per heavy atom. The monoisotopic (exact) mass is 286 g/mol. The molecule has 4 nitrogen and oxygen atoms in total. The normalized spacial score (nSPS) is 12.0. The van der Waals surface area contributed by atoms with Crippen LogP contribution in [0.3, 0.4) is 0 Å². The van der Waals surface area contributed by atoms with Crippen molar-refractivity contribution in [3.8, 4) is 11.6 Å². The van der Waals surface area contributed by atoms with Gasteiger partial charge in [-0.15, -0.1) is 0 Å². The quantitative estimate of drug-likeness (QED) is 0.886. The second-order valence-electron chi connectivity index (χ2n) is 4.84. The minimum atomic E-state index is -0.0199. The van der Waals surface area contributed by atoms with Crippen molar-refractivity contribution in [2.75, 3.05) is 20.8 Å². The molecule has 0 aliphatic carbocycles. The molecule has 0 radical (unpaired) electrons. The van der Waals surface area contributed by atoms with Crippen LogP contribution in [-0.4, -0.2) is 25.7 Å². The first-order chi connectivity index (χ1) is 10.2. The van der Waals surface area contributed by atoms with Crippen molar-refractivity contribution in [2.45, 2.75) is 19.9 Å². The Morgan fingerprint density at radius 1 is 1.14 bits per heavy atom. The topological polar surface area (TPSA) is 43.4 Å². The molecule has 1 aromatic carbocycles. The Bertz CT molecular complexity index is 599. The lowest BCUT2D eigenvalue weighted by Crippen LogP contribution is -2.23. The Hall–Kier alpha value is -2.07. The lowest BCUT2D eigenvalue weighted by molar-refractivity contribution is 0.382. The number of aryl methyl sites for hydroxylation is 1. The van der Waals surface area contributed by atoms with Crippen LogP contribution in [0.1, 0.15) is 29.7 Å². The van der Waals surface area contributed by atoms with Crippen molar-refractivity contribution in [1.82, 2.24) is 10.3 Å². The number of pyridine rings is 1. The zero-order valence-electron chi connectivity index (χ0n) is 13.0. The number of benzene rings is 1. The van der Waals surface area contributed by atoms with E-state index in [1.165, 1.54) is 5.56 Å². The van der Waals surface area contributed by atoms with Gasteiger partial charge >= 0.3 is 0 Å². The Labute approximate surface area is 126 Å². The summed E-state index contributed by atoms with van der Waals surface area (Å²) in [7, 11) is 3.33. The van der Waals surface area contributed by atoms with Crippen molar-refractivity contribution < 1.29 is 9.47 Å². The van der Waals surface area contributed by atoms with E-state index in [-0.39, 0.29) is 6.04 Å². The first kappa shape index (κ1) is 15.3. The molecule has 2 aromatic rings. The molecule has 0 bridgehead atoms. The zero-order chi connectivity index (χ0) is 15.2. The fraction of sp³-hybridized carbons (Fsp3) is 0.353. The Balaban J connectivity index is 2.55. The number of nitrogens with one attached hydrogen (secondary N) is 1. The van der Waals surface area contributed by atoms with Gasteiger partial charge < -0.3 is 14.8 Å². The van der Waals surface area contributed by atoms with Crippen LogP contribution in [0, 0.1) is 6.92 Å². The van der Waals surface area contributed by atoms with Crippen molar-refractivity contribution in [2.24, 2.45) is 0 Å². The number of aromatic nitrogens is 1. The molecule has 0 aliphatic heterocycles. The Kier molecular flexibility index (Phi) is 5.17. The third-order valence-electron chi connectivity index (χ3n) is 3.41. The summed E-state index contributed by atoms with van der Waals surface area (Å²) in [6, 6.07) is 10.1. The number of nitrogens with zero attached hydrogens (tertiary/aromatic N) is 1. The third kappa shape index (κ3) is 3.34. The SMILES string of the molecule is CCNC(c1cc(C)ccc1OC)c1cccnc1OC. The highest BCUT2D eigenvalue weighted by Crippen LogP contribution is 2.34. The first-order valence-electron chi connectivity index (χ1n) is 7.08. The molecule has 1 heterocycles. The predicted molar refractivity (Wildman–Crippen MR) is 84.0 cm³/mol. The largest absolute Gasteiger partial charge is 0.496 e. The smallest absolute Gasteiger partial charge is 0.218 e. The van der Waals surface area contributed by atoms with E-state index in [1.807, 2.05) is 24.3 Å². The van der Waals surface area contributed by atoms with Crippen LogP contribution in [0.15, 0.2) is 36.5 Å². The molecule has 0 saturated heterocycles. The van der Waals surface area contributed by atoms with Crippen LogP contribution in [0.5, 0.6) is 11.6 Å². The molecule has 1 atom stereocenters. The first-order valence-corrected chi connectivity index (χ1v) is 7.08. The fourth-order valence-electron chi connectivity index (χ4n) is 2.46. The molecule has 0 fully saturated rings. The van der Waals surface area contributed by atoms with E-state index in [9.17, 15) is 0 Å². The molecule has 1 aromatic heterocycles. The molecule has 2 rings (SSSR count). The van der Waals surface area contributed by atoms with Gasteiger partial charge in [-0.2, -0.15) is 0 Å². The van der Waals surface area contributed by atoms with Crippen molar-refractivity contribution >= 4 is 0 Å². The maximum atomic E-state index is 5.52. The summed E-state index contributed by atoms with van der Waals surface area (Å²) in [5.41, 5.74) is 3.29. The molecule has 4 heteroatoms. The van der Waals surface area contributed by atoms with Gasteiger partial charge in [0.25, 0.3) is 0 Å². The summed E-state index contributed by atoms with van der Waals surface area (Å²) in [6.07, 6.45) is 1.73. The lowest BCUT2D eigenvalue weighted by Gasteiger charge is -2.22. The van der Waals surface area contributed by atoms with Crippen LogP contribution in [0.2, 0.25) is 0 Å². The second kappa shape index (κ2) is 7.09. The molecule has 112 valence electrons. The minimum absolute atomic E-state index is 0.0199. The van der Waals surface area contributed by atoms with E-state index in [1.54, 1.807) is 20.4 Å². The third-order valence-corrected chi connectivity index (χ3v) is 3.41. The fourth-order valence-corrected chi connectivity index (χ4v) is 2.46. The van der Waals surface area contributed by atoms with E-state index < -0.39 is 0 Å². The van der Waals surface area contributed by atoms with Crippen LogP contribution in [-0.2, 0) is 0 Å². The maximum Gasteiger partial charge on any atom is 0.218 e. The molecule has 1 unspecified atom stereocenters. The summed E-state index contributed by atoms with van der Waals surface area (Å²) >= 11 is 0. The van der Waals surface area contributed by atoms with Gasteiger partial charge in [0, 0.05) is 17.3 Å². The van der Waals surface area contributed by atoms with Crippen LogP contribution >= 0.6 is 0 Å². The standard InChI is InChI=1S/C17H22N2O2/c1-5-18-16(13-7-6-10-19-17(13)21-4)14-11-12(2)8-9-15(14)20-3/h6-11,16,18H,5H2,1-4H3. The average Bonchev–Trinajstić information content (AvgIpc) is 2.52. The molecular formula is C17H22N2O2. The summed E-state index contributed by atoms with van der Waals surface area (Å²) < 4.78 is 10.9. The number of hydrogen-bond donors (Lipinski definition) is 1. The molecule has 0 saturated carbocycles. The average molecular weight is 286 g/mol. The van der Waals surface area contributed by atoms with Crippen molar-refractivity contribution in [1.29, 1.82) is 0 Å². The highest BCUT2D eigenvalue weighted by atomic mass is 16.5. The van der Waals surface area contributed by atoms with Gasteiger partial charge in [-0.3, -0.25) is 0 Å². The van der Waals surface area contributed by atoms with E-state index >= 15 is 0 Å². The summed E-state index contributed by atoms with van der Waals surface area (Å²) in [4.78, 5) is 4.30. The van der Waals surface area contributed by atoms with Gasteiger partial charge in [0.15, 0.2) is 0 Å². The molecule has 21 heavy (non-hydrogen) atoms. The van der Waals surface area contributed by atoms with Crippen molar-refractivity contribution in [3.63, 3.8) is 0 Å². The maximum absolute atomic E-state index is 5.52. The molecular weight excluding hydrogens is 264 g/mol.